The molecule has 4 heteroatoms. The second-order valence-electron chi connectivity index (χ2n) is 3.64. The Morgan fingerprint density at radius 1 is 1.42 bits per heavy atom. The first-order valence-corrected chi connectivity index (χ1v) is 6.17. The summed E-state index contributed by atoms with van der Waals surface area (Å²) in [5, 5.41) is 8.93. The maximum absolute atomic E-state index is 11.1. The third-order valence-corrected chi connectivity index (χ3v) is 4.38. The molecule has 72 valence electrons. The summed E-state index contributed by atoms with van der Waals surface area (Å²) in [5.41, 5.74) is -0.0256. The fourth-order valence-corrected chi connectivity index (χ4v) is 2.21. The molecule has 0 aromatic heterocycles. The average Bonchev–Trinajstić information content (AvgIpc) is 2.82. The molecule has 1 N–H and O–H groups in total. The smallest absolute Gasteiger partial charge is 0.150 e. The van der Waals surface area contributed by atoms with Crippen LogP contribution in [0.25, 0.3) is 0 Å². The van der Waals surface area contributed by atoms with Gasteiger partial charge in [-0.2, -0.15) is 0 Å². The molecule has 0 aliphatic heterocycles. The first-order chi connectivity index (χ1) is 5.54. The summed E-state index contributed by atoms with van der Waals surface area (Å²) in [6.45, 7) is 1.81. The minimum Gasteiger partial charge on any atom is -0.396 e. The average molecular weight is 192 g/mol. The van der Waals surface area contributed by atoms with Crippen LogP contribution in [-0.4, -0.2) is 31.6 Å². The van der Waals surface area contributed by atoms with Crippen LogP contribution < -0.4 is 0 Å². The first-order valence-electron chi connectivity index (χ1n) is 4.35. The molecule has 1 aliphatic rings. The quantitative estimate of drug-likeness (QED) is 0.693. The Kier molecular flexibility index (Phi) is 2.78. The van der Waals surface area contributed by atoms with Crippen LogP contribution in [0, 0.1) is 5.41 Å². The lowest BCUT2D eigenvalue weighted by Crippen LogP contribution is -2.16. The fraction of sp³-hybridized carbons (Fsp3) is 1.00. The van der Waals surface area contributed by atoms with Gasteiger partial charge in [-0.3, -0.25) is 0 Å². The van der Waals surface area contributed by atoms with Gasteiger partial charge in [-0.15, -0.1) is 0 Å². The van der Waals surface area contributed by atoms with Crippen molar-refractivity contribution in [1.82, 2.24) is 0 Å². The van der Waals surface area contributed by atoms with Crippen LogP contribution in [0.5, 0.6) is 0 Å². The van der Waals surface area contributed by atoms with Gasteiger partial charge in [0.2, 0.25) is 0 Å². The van der Waals surface area contributed by atoms with Gasteiger partial charge in [-0.25, -0.2) is 8.42 Å². The largest absolute Gasteiger partial charge is 0.396 e. The Bertz CT molecular complexity index is 239. The van der Waals surface area contributed by atoms with Crippen LogP contribution in [0.15, 0.2) is 0 Å². The molecule has 0 aromatic carbocycles. The van der Waals surface area contributed by atoms with Crippen molar-refractivity contribution in [2.75, 3.05) is 18.1 Å². The van der Waals surface area contributed by atoms with Crippen LogP contribution in [0.3, 0.4) is 0 Å². The van der Waals surface area contributed by atoms with E-state index in [2.05, 4.69) is 0 Å². The highest BCUT2D eigenvalue weighted by Crippen LogP contribution is 2.48. The van der Waals surface area contributed by atoms with Gasteiger partial charge in [0.15, 0.2) is 0 Å². The second kappa shape index (κ2) is 3.34. The molecular formula is C8H16O3S. The van der Waals surface area contributed by atoms with Gasteiger partial charge in [0, 0.05) is 12.4 Å². The molecule has 0 radical (unpaired) electrons. The molecule has 0 atom stereocenters. The molecule has 12 heavy (non-hydrogen) atoms. The summed E-state index contributed by atoms with van der Waals surface area (Å²) in [7, 11) is -2.83. The van der Waals surface area contributed by atoms with Crippen molar-refractivity contribution in [3.05, 3.63) is 0 Å². The Morgan fingerprint density at radius 2 is 2.00 bits per heavy atom. The van der Waals surface area contributed by atoms with Crippen molar-refractivity contribution in [2.24, 2.45) is 5.41 Å². The van der Waals surface area contributed by atoms with Crippen molar-refractivity contribution in [3.8, 4) is 0 Å². The molecule has 1 saturated carbocycles. The maximum Gasteiger partial charge on any atom is 0.150 e. The minimum atomic E-state index is -2.83. The number of rotatable bonds is 5. The second-order valence-corrected chi connectivity index (χ2v) is 6.12. The minimum absolute atomic E-state index is 0.0256. The van der Waals surface area contributed by atoms with E-state index in [1.165, 1.54) is 0 Å². The summed E-state index contributed by atoms with van der Waals surface area (Å²) in [6, 6.07) is 0. The number of aliphatic hydroxyl groups excluding tert-OH is 1. The number of sulfone groups is 1. The topological polar surface area (TPSA) is 54.4 Å². The molecule has 1 rings (SSSR count). The zero-order chi connectivity index (χ0) is 9.24. The number of hydrogen-bond donors (Lipinski definition) is 1. The van der Waals surface area contributed by atoms with Crippen molar-refractivity contribution in [3.63, 3.8) is 0 Å². The first kappa shape index (κ1) is 9.99. The predicted octanol–water partition coefficient (Wildman–Crippen LogP) is 0.584. The molecule has 3 nitrogen and oxygen atoms in total. The lowest BCUT2D eigenvalue weighted by molar-refractivity contribution is 0.208. The summed E-state index contributed by atoms with van der Waals surface area (Å²) >= 11 is 0. The number of hydrogen-bond acceptors (Lipinski definition) is 3. The van der Waals surface area contributed by atoms with Gasteiger partial charge in [0.1, 0.15) is 9.84 Å². The van der Waals surface area contributed by atoms with E-state index in [1.54, 1.807) is 6.92 Å². The van der Waals surface area contributed by atoms with Gasteiger partial charge < -0.3 is 5.11 Å². The summed E-state index contributed by atoms with van der Waals surface area (Å²) < 4.78 is 22.2. The molecular weight excluding hydrogens is 176 g/mol. The van der Waals surface area contributed by atoms with Crippen LogP contribution in [-0.2, 0) is 9.84 Å². The highest BCUT2D eigenvalue weighted by atomic mass is 32.2. The molecule has 0 saturated heterocycles. The van der Waals surface area contributed by atoms with Crippen molar-refractivity contribution in [1.29, 1.82) is 0 Å². The lowest BCUT2D eigenvalue weighted by Gasteiger charge is -2.10. The monoisotopic (exact) mass is 192 g/mol. The van der Waals surface area contributed by atoms with Crippen molar-refractivity contribution in [2.45, 2.75) is 26.2 Å². The Balaban J connectivity index is 2.35. The molecule has 1 fully saturated rings. The Morgan fingerprint density at radius 3 is 2.33 bits per heavy atom. The molecule has 1 aliphatic carbocycles. The van der Waals surface area contributed by atoms with E-state index in [0.29, 0.717) is 6.42 Å². The van der Waals surface area contributed by atoms with E-state index in [0.717, 1.165) is 12.8 Å². The zero-order valence-electron chi connectivity index (χ0n) is 7.41. The Labute approximate surface area is 73.7 Å². The van der Waals surface area contributed by atoms with Crippen LogP contribution in [0.4, 0.5) is 0 Å². The van der Waals surface area contributed by atoms with E-state index in [9.17, 15) is 8.42 Å². The highest BCUT2D eigenvalue weighted by molar-refractivity contribution is 7.91. The van der Waals surface area contributed by atoms with Gasteiger partial charge in [0.25, 0.3) is 0 Å². The Hall–Kier alpha value is -0.0900. The van der Waals surface area contributed by atoms with Crippen LogP contribution in [0.1, 0.15) is 26.2 Å². The maximum atomic E-state index is 11.1. The molecule has 0 spiro atoms. The van der Waals surface area contributed by atoms with Gasteiger partial charge >= 0.3 is 0 Å². The molecule has 0 heterocycles. The molecule has 0 unspecified atom stereocenters. The number of aliphatic hydroxyl groups is 1. The van der Waals surface area contributed by atoms with Crippen molar-refractivity contribution < 1.29 is 13.5 Å². The standard InChI is InChI=1S/C8H16O3S/c1-2-12(10,11)6-5-8(7-9)3-4-8/h9H,2-7H2,1H3. The fourth-order valence-electron chi connectivity index (χ4n) is 1.18. The zero-order valence-corrected chi connectivity index (χ0v) is 8.23. The van der Waals surface area contributed by atoms with Gasteiger partial charge in [0.05, 0.1) is 5.75 Å². The normalized spacial score (nSPS) is 20.8. The summed E-state index contributed by atoms with van der Waals surface area (Å²) in [5.74, 6) is 0.457. The van der Waals surface area contributed by atoms with Crippen molar-refractivity contribution >= 4 is 9.84 Å². The van der Waals surface area contributed by atoms with Crippen LogP contribution >= 0.6 is 0 Å². The predicted molar refractivity (Wildman–Crippen MR) is 47.7 cm³/mol. The third kappa shape index (κ3) is 2.45. The van der Waals surface area contributed by atoms with Crippen LogP contribution in [0.2, 0.25) is 0 Å². The third-order valence-electron chi connectivity index (χ3n) is 2.68. The molecule has 0 amide bonds. The summed E-state index contributed by atoms with van der Waals surface area (Å²) in [6.07, 6.45) is 2.62. The highest BCUT2D eigenvalue weighted by Gasteiger charge is 2.42. The van der Waals surface area contributed by atoms with E-state index in [1.807, 2.05) is 0 Å². The van der Waals surface area contributed by atoms with Gasteiger partial charge in [-0.1, -0.05) is 6.92 Å². The SMILES string of the molecule is CCS(=O)(=O)CCC1(CO)CC1. The van der Waals surface area contributed by atoms with E-state index in [4.69, 9.17) is 5.11 Å². The van der Waals surface area contributed by atoms with Gasteiger partial charge in [-0.05, 0) is 24.7 Å². The van der Waals surface area contributed by atoms with E-state index >= 15 is 0 Å². The molecule has 0 bridgehead atoms. The van der Waals surface area contributed by atoms with E-state index < -0.39 is 9.84 Å². The molecule has 0 aromatic rings. The summed E-state index contributed by atoms with van der Waals surface area (Å²) in [4.78, 5) is 0. The van der Waals surface area contributed by atoms with E-state index in [-0.39, 0.29) is 23.5 Å². The lowest BCUT2D eigenvalue weighted by atomic mass is 10.1.